The fourth-order valence-electron chi connectivity index (χ4n) is 2.06. The molecule has 2 rings (SSSR count). The van der Waals surface area contributed by atoms with Gasteiger partial charge in [0.25, 0.3) is 0 Å². The highest BCUT2D eigenvalue weighted by Gasteiger charge is 2.09. The van der Waals surface area contributed by atoms with Crippen molar-refractivity contribution in [1.82, 2.24) is 4.98 Å². The Morgan fingerprint density at radius 2 is 1.92 bits per heavy atom. The number of hydrogen-bond acceptors (Lipinski definition) is 6. The van der Waals surface area contributed by atoms with Crippen molar-refractivity contribution < 1.29 is 14.3 Å². The zero-order valence-electron chi connectivity index (χ0n) is 14.1. The Bertz CT molecular complexity index is 674. The van der Waals surface area contributed by atoms with E-state index in [1.54, 1.807) is 33.2 Å². The molecule has 0 fully saturated rings. The van der Waals surface area contributed by atoms with E-state index in [-0.39, 0.29) is 0 Å². The van der Waals surface area contributed by atoms with Gasteiger partial charge in [-0.15, -0.1) is 0 Å². The molecule has 0 atom stereocenters. The van der Waals surface area contributed by atoms with Gasteiger partial charge in [-0.3, -0.25) is 5.32 Å². The van der Waals surface area contributed by atoms with Crippen molar-refractivity contribution in [2.24, 2.45) is 0 Å². The maximum atomic E-state index is 11.5. The molecule has 0 radical (unpaired) electrons. The number of carbonyl (C=O) groups is 1. The van der Waals surface area contributed by atoms with Crippen molar-refractivity contribution in [3.63, 3.8) is 0 Å². The minimum absolute atomic E-state index is 0.315. The predicted octanol–water partition coefficient (Wildman–Crippen LogP) is 3.31. The standard InChI is InChI=1S/C17H22N4O3/c1-4-24-17(22)20-14-9-10-15(21-16(14)18-2)19-11-12-5-7-13(23-3)8-6-12/h5-10H,4,11H2,1-3H3,(H,20,22)(H2,18,19,21). The Hall–Kier alpha value is -2.96. The summed E-state index contributed by atoms with van der Waals surface area (Å²) in [6.07, 6.45) is -0.505. The van der Waals surface area contributed by atoms with Crippen LogP contribution < -0.4 is 20.7 Å². The van der Waals surface area contributed by atoms with Gasteiger partial charge in [0.2, 0.25) is 0 Å². The molecule has 24 heavy (non-hydrogen) atoms. The minimum Gasteiger partial charge on any atom is -0.497 e. The number of nitrogens with one attached hydrogen (secondary N) is 3. The van der Waals surface area contributed by atoms with Gasteiger partial charge in [0.15, 0.2) is 5.82 Å². The second kappa shape index (κ2) is 8.61. The fraction of sp³-hybridized carbons (Fsp3) is 0.294. The summed E-state index contributed by atoms with van der Waals surface area (Å²) in [5, 5.41) is 8.85. The Morgan fingerprint density at radius 3 is 2.54 bits per heavy atom. The molecule has 1 aromatic heterocycles. The first kappa shape index (κ1) is 17.4. The van der Waals surface area contributed by atoms with Crippen LogP contribution in [0.2, 0.25) is 0 Å². The third-order valence-corrected chi connectivity index (χ3v) is 3.28. The van der Waals surface area contributed by atoms with Crippen molar-refractivity contribution in [3.8, 4) is 5.75 Å². The van der Waals surface area contributed by atoms with Gasteiger partial charge in [0.05, 0.1) is 19.4 Å². The first-order chi connectivity index (χ1) is 11.7. The zero-order chi connectivity index (χ0) is 17.4. The topological polar surface area (TPSA) is 84.5 Å². The number of ether oxygens (including phenoxy) is 2. The first-order valence-electron chi connectivity index (χ1n) is 7.65. The number of amides is 1. The molecule has 1 aromatic carbocycles. The molecule has 0 aliphatic rings. The van der Waals surface area contributed by atoms with Gasteiger partial charge >= 0.3 is 6.09 Å². The number of hydrogen-bond donors (Lipinski definition) is 3. The summed E-state index contributed by atoms with van der Waals surface area (Å²) in [6, 6.07) is 11.4. The summed E-state index contributed by atoms with van der Waals surface area (Å²) < 4.78 is 10.0. The number of anilines is 3. The summed E-state index contributed by atoms with van der Waals surface area (Å²) in [5.41, 5.74) is 1.67. The molecule has 7 nitrogen and oxygen atoms in total. The van der Waals surface area contributed by atoms with E-state index in [2.05, 4.69) is 20.9 Å². The van der Waals surface area contributed by atoms with Crippen molar-refractivity contribution in [1.29, 1.82) is 0 Å². The molecule has 3 N–H and O–H groups in total. The van der Waals surface area contributed by atoms with Crippen LogP contribution in [0.5, 0.6) is 5.75 Å². The van der Waals surface area contributed by atoms with E-state index >= 15 is 0 Å². The van der Waals surface area contributed by atoms with Crippen LogP contribution in [0, 0.1) is 0 Å². The summed E-state index contributed by atoms with van der Waals surface area (Å²) in [7, 11) is 3.38. The highest BCUT2D eigenvalue weighted by molar-refractivity contribution is 5.88. The number of rotatable bonds is 7. The first-order valence-corrected chi connectivity index (χ1v) is 7.65. The van der Waals surface area contributed by atoms with Crippen LogP contribution in [-0.2, 0) is 11.3 Å². The molecular formula is C17H22N4O3. The molecule has 0 saturated carbocycles. The van der Waals surface area contributed by atoms with Gasteiger partial charge in [-0.25, -0.2) is 9.78 Å². The molecule has 7 heteroatoms. The van der Waals surface area contributed by atoms with Crippen molar-refractivity contribution in [2.75, 3.05) is 36.7 Å². The number of methoxy groups -OCH3 is 1. The lowest BCUT2D eigenvalue weighted by Crippen LogP contribution is -2.15. The van der Waals surface area contributed by atoms with Crippen molar-refractivity contribution in [2.45, 2.75) is 13.5 Å². The summed E-state index contributed by atoms with van der Waals surface area (Å²) in [5.74, 6) is 2.08. The molecule has 0 bridgehead atoms. The summed E-state index contributed by atoms with van der Waals surface area (Å²) in [6.45, 7) is 2.70. The smallest absolute Gasteiger partial charge is 0.411 e. The van der Waals surface area contributed by atoms with E-state index < -0.39 is 6.09 Å². The van der Waals surface area contributed by atoms with Crippen LogP contribution in [0.1, 0.15) is 12.5 Å². The van der Waals surface area contributed by atoms with E-state index in [4.69, 9.17) is 9.47 Å². The predicted molar refractivity (Wildman–Crippen MR) is 94.7 cm³/mol. The second-order valence-corrected chi connectivity index (χ2v) is 4.89. The lowest BCUT2D eigenvalue weighted by molar-refractivity contribution is 0.168. The van der Waals surface area contributed by atoms with Gasteiger partial charge in [0, 0.05) is 13.6 Å². The maximum absolute atomic E-state index is 11.5. The highest BCUT2D eigenvalue weighted by atomic mass is 16.5. The third kappa shape index (κ3) is 4.77. The van der Waals surface area contributed by atoms with Crippen LogP contribution >= 0.6 is 0 Å². The summed E-state index contributed by atoms with van der Waals surface area (Å²) in [4.78, 5) is 15.9. The lowest BCUT2D eigenvalue weighted by Gasteiger charge is -2.12. The van der Waals surface area contributed by atoms with Gasteiger partial charge in [-0.1, -0.05) is 12.1 Å². The highest BCUT2D eigenvalue weighted by Crippen LogP contribution is 2.22. The molecule has 0 aliphatic carbocycles. The van der Waals surface area contributed by atoms with Gasteiger partial charge in [0.1, 0.15) is 11.6 Å². The minimum atomic E-state index is -0.505. The summed E-state index contributed by atoms with van der Waals surface area (Å²) >= 11 is 0. The van der Waals surface area contributed by atoms with Crippen LogP contribution in [0.4, 0.5) is 22.1 Å². The van der Waals surface area contributed by atoms with E-state index in [0.29, 0.717) is 30.5 Å². The number of nitrogens with zero attached hydrogens (tertiary/aromatic N) is 1. The normalized spacial score (nSPS) is 9.96. The van der Waals surface area contributed by atoms with Crippen molar-refractivity contribution in [3.05, 3.63) is 42.0 Å². The van der Waals surface area contributed by atoms with Crippen molar-refractivity contribution >= 4 is 23.4 Å². The molecule has 0 saturated heterocycles. The van der Waals surface area contributed by atoms with Crippen LogP contribution in [0.3, 0.4) is 0 Å². The monoisotopic (exact) mass is 330 g/mol. The van der Waals surface area contributed by atoms with Gasteiger partial charge < -0.3 is 20.1 Å². The molecule has 0 spiro atoms. The van der Waals surface area contributed by atoms with E-state index in [0.717, 1.165) is 11.3 Å². The average Bonchev–Trinajstić information content (AvgIpc) is 2.61. The average molecular weight is 330 g/mol. The lowest BCUT2D eigenvalue weighted by atomic mass is 10.2. The zero-order valence-corrected chi connectivity index (χ0v) is 14.1. The van der Waals surface area contributed by atoms with E-state index in [9.17, 15) is 4.79 Å². The Labute approximate surface area is 141 Å². The number of pyridine rings is 1. The second-order valence-electron chi connectivity index (χ2n) is 4.89. The van der Waals surface area contributed by atoms with Gasteiger partial charge in [-0.05, 0) is 36.8 Å². The molecule has 1 amide bonds. The van der Waals surface area contributed by atoms with E-state index in [1.807, 2.05) is 24.3 Å². The van der Waals surface area contributed by atoms with Crippen LogP contribution in [-0.4, -0.2) is 31.8 Å². The quantitative estimate of drug-likeness (QED) is 0.722. The molecular weight excluding hydrogens is 308 g/mol. The number of carbonyl (C=O) groups excluding carboxylic acids is 1. The Kier molecular flexibility index (Phi) is 6.24. The largest absolute Gasteiger partial charge is 0.497 e. The molecule has 0 aliphatic heterocycles. The maximum Gasteiger partial charge on any atom is 0.411 e. The third-order valence-electron chi connectivity index (χ3n) is 3.28. The number of aromatic nitrogens is 1. The fourth-order valence-corrected chi connectivity index (χ4v) is 2.06. The van der Waals surface area contributed by atoms with E-state index in [1.165, 1.54) is 0 Å². The molecule has 2 aromatic rings. The molecule has 128 valence electrons. The Morgan fingerprint density at radius 1 is 1.17 bits per heavy atom. The molecule has 0 unspecified atom stereocenters. The van der Waals surface area contributed by atoms with Crippen LogP contribution in [0.25, 0.3) is 0 Å². The van der Waals surface area contributed by atoms with Crippen LogP contribution in [0.15, 0.2) is 36.4 Å². The van der Waals surface area contributed by atoms with Gasteiger partial charge in [-0.2, -0.15) is 0 Å². The molecule has 1 heterocycles. The Balaban J connectivity index is 2.01. The SMILES string of the molecule is CCOC(=O)Nc1ccc(NCc2ccc(OC)cc2)nc1NC. The number of benzene rings is 1.